The number of oxime groups is 1. The summed E-state index contributed by atoms with van der Waals surface area (Å²) in [6.07, 6.45) is 0.829. The van der Waals surface area contributed by atoms with Gasteiger partial charge in [0.2, 0.25) is 0 Å². The van der Waals surface area contributed by atoms with E-state index in [-0.39, 0.29) is 6.10 Å². The summed E-state index contributed by atoms with van der Waals surface area (Å²) < 4.78 is 0. The monoisotopic (exact) mass is 305 g/mol. The number of nitrogens with zero attached hydrogens (tertiary/aromatic N) is 2. The fourth-order valence-corrected chi connectivity index (χ4v) is 3.07. The summed E-state index contributed by atoms with van der Waals surface area (Å²) in [5.74, 6) is 0.985. The van der Waals surface area contributed by atoms with E-state index < -0.39 is 0 Å². The molecule has 2 aliphatic rings. The van der Waals surface area contributed by atoms with Crippen LogP contribution in [0.25, 0.3) is 0 Å². The Bertz CT molecular complexity index is 777. The lowest BCUT2D eigenvalue weighted by Gasteiger charge is -2.11. The van der Waals surface area contributed by atoms with Crippen molar-refractivity contribution in [2.75, 3.05) is 13.1 Å². The molecule has 0 saturated heterocycles. The predicted molar refractivity (Wildman–Crippen MR) is 92.0 cm³/mol. The van der Waals surface area contributed by atoms with Crippen molar-refractivity contribution in [3.63, 3.8) is 0 Å². The smallest absolute Gasteiger partial charge is 0.158 e. The van der Waals surface area contributed by atoms with Gasteiger partial charge in [-0.05, 0) is 23.6 Å². The van der Waals surface area contributed by atoms with Crippen LogP contribution in [0.15, 0.2) is 58.7 Å². The first-order valence-corrected chi connectivity index (χ1v) is 7.98. The molecule has 0 bridgehead atoms. The Hall–Kier alpha value is -2.62. The molecule has 2 aromatic rings. The molecule has 0 saturated carbocycles. The molecule has 0 radical (unpaired) electrons. The summed E-state index contributed by atoms with van der Waals surface area (Å²) in [5, 5.41) is 7.59. The van der Waals surface area contributed by atoms with Gasteiger partial charge in [0.15, 0.2) is 6.10 Å². The Balaban J connectivity index is 1.50. The molecule has 23 heavy (non-hydrogen) atoms. The third-order valence-corrected chi connectivity index (χ3v) is 4.37. The van der Waals surface area contributed by atoms with Gasteiger partial charge in [0.05, 0.1) is 12.3 Å². The van der Waals surface area contributed by atoms with Crippen LogP contribution in [-0.2, 0) is 4.84 Å². The van der Waals surface area contributed by atoms with Gasteiger partial charge in [-0.3, -0.25) is 4.99 Å². The van der Waals surface area contributed by atoms with Crippen molar-refractivity contribution in [2.45, 2.75) is 19.4 Å². The van der Waals surface area contributed by atoms with Gasteiger partial charge in [0.25, 0.3) is 0 Å². The minimum Gasteiger partial charge on any atom is -0.387 e. The maximum absolute atomic E-state index is 5.67. The highest BCUT2D eigenvalue weighted by Crippen LogP contribution is 2.31. The number of aliphatic imine (C=N–C) groups is 1. The fraction of sp³-hybridized carbons (Fsp3) is 0.263. The van der Waals surface area contributed by atoms with Crippen molar-refractivity contribution in [1.29, 1.82) is 0 Å². The predicted octanol–water partition coefficient (Wildman–Crippen LogP) is 3.21. The highest BCUT2D eigenvalue weighted by molar-refractivity contribution is 6.03. The van der Waals surface area contributed by atoms with Gasteiger partial charge < -0.3 is 10.2 Å². The summed E-state index contributed by atoms with van der Waals surface area (Å²) in [6, 6.07) is 16.7. The number of hydrogen-bond acceptors (Lipinski definition) is 4. The topological polar surface area (TPSA) is 46.0 Å². The Morgan fingerprint density at radius 3 is 2.57 bits per heavy atom. The summed E-state index contributed by atoms with van der Waals surface area (Å²) >= 11 is 0. The molecule has 0 spiro atoms. The van der Waals surface area contributed by atoms with Crippen molar-refractivity contribution >= 4 is 11.5 Å². The van der Waals surface area contributed by atoms with Crippen molar-refractivity contribution in [1.82, 2.24) is 5.32 Å². The Morgan fingerprint density at radius 1 is 1.04 bits per heavy atom. The quantitative estimate of drug-likeness (QED) is 0.946. The standard InChI is InChI=1S/C19H19N3O/c1-13-4-2-3-5-16(13)18-12-17(22-23-18)14-6-8-15(9-7-14)19-20-10-11-21-19/h2-9,18H,10-12H2,1H3,(H,20,21). The van der Waals surface area contributed by atoms with Crippen LogP contribution in [0.2, 0.25) is 0 Å². The Morgan fingerprint density at radius 2 is 1.83 bits per heavy atom. The number of benzene rings is 2. The number of hydrogen-bond donors (Lipinski definition) is 1. The summed E-state index contributed by atoms with van der Waals surface area (Å²) in [4.78, 5) is 10.1. The van der Waals surface area contributed by atoms with E-state index in [9.17, 15) is 0 Å². The summed E-state index contributed by atoms with van der Waals surface area (Å²) in [7, 11) is 0. The molecular formula is C19H19N3O. The maximum atomic E-state index is 5.67. The van der Waals surface area contributed by atoms with Crippen LogP contribution in [0.1, 0.15) is 34.8 Å². The van der Waals surface area contributed by atoms with Crippen LogP contribution in [0.4, 0.5) is 0 Å². The molecule has 2 heterocycles. The van der Waals surface area contributed by atoms with Crippen molar-refractivity contribution < 1.29 is 4.84 Å². The second-order valence-electron chi connectivity index (χ2n) is 5.93. The van der Waals surface area contributed by atoms with Crippen LogP contribution >= 0.6 is 0 Å². The van der Waals surface area contributed by atoms with Crippen molar-refractivity contribution in [3.05, 3.63) is 70.8 Å². The largest absolute Gasteiger partial charge is 0.387 e. The third-order valence-electron chi connectivity index (χ3n) is 4.37. The summed E-state index contributed by atoms with van der Waals surface area (Å²) in [6.45, 7) is 3.90. The number of nitrogens with one attached hydrogen (secondary N) is 1. The first-order chi connectivity index (χ1) is 11.3. The van der Waals surface area contributed by atoms with Gasteiger partial charge >= 0.3 is 0 Å². The lowest BCUT2D eigenvalue weighted by atomic mass is 9.97. The summed E-state index contributed by atoms with van der Waals surface area (Å²) in [5.41, 5.74) is 5.71. The van der Waals surface area contributed by atoms with Crippen LogP contribution in [0, 0.1) is 6.92 Å². The second kappa shape index (κ2) is 5.88. The average molecular weight is 305 g/mol. The van der Waals surface area contributed by atoms with Crippen molar-refractivity contribution in [2.24, 2.45) is 10.1 Å². The third kappa shape index (κ3) is 2.72. The highest BCUT2D eigenvalue weighted by atomic mass is 16.6. The molecular weight excluding hydrogens is 286 g/mol. The molecule has 2 aromatic carbocycles. The highest BCUT2D eigenvalue weighted by Gasteiger charge is 2.25. The molecule has 1 N–H and O–H groups in total. The molecule has 4 nitrogen and oxygen atoms in total. The molecule has 1 atom stereocenters. The SMILES string of the molecule is Cc1ccccc1C1CC(c2ccc(C3=NCCN3)cc2)=NO1. The molecule has 116 valence electrons. The molecule has 0 aromatic heterocycles. The van der Waals surface area contributed by atoms with E-state index in [4.69, 9.17) is 4.84 Å². The average Bonchev–Trinajstić information content (AvgIpc) is 3.27. The molecule has 4 rings (SSSR count). The van der Waals surface area contributed by atoms with E-state index in [1.165, 1.54) is 11.1 Å². The molecule has 2 aliphatic heterocycles. The van der Waals surface area contributed by atoms with Crippen LogP contribution in [0.3, 0.4) is 0 Å². The molecule has 4 heteroatoms. The second-order valence-corrected chi connectivity index (χ2v) is 5.93. The first-order valence-electron chi connectivity index (χ1n) is 7.98. The molecule has 0 aliphatic carbocycles. The van der Waals surface area contributed by atoms with E-state index in [1.807, 2.05) is 12.1 Å². The van der Waals surface area contributed by atoms with E-state index in [2.05, 4.69) is 58.8 Å². The number of rotatable bonds is 3. The maximum Gasteiger partial charge on any atom is 0.158 e. The zero-order valence-electron chi connectivity index (χ0n) is 13.1. The fourth-order valence-electron chi connectivity index (χ4n) is 3.07. The van der Waals surface area contributed by atoms with Crippen LogP contribution in [-0.4, -0.2) is 24.6 Å². The van der Waals surface area contributed by atoms with E-state index >= 15 is 0 Å². The molecule has 1 unspecified atom stereocenters. The van der Waals surface area contributed by atoms with Gasteiger partial charge in [0, 0.05) is 18.5 Å². The number of amidine groups is 1. The van der Waals surface area contributed by atoms with Crippen LogP contribution in [0.5, 0.6) is 0 Å². The van der Waals surface area contributed by atoms with Crippen molar-refractivity contribution in [3.8, 4) is 0 Å². The van der Waals surface area contributed by atoms with E-state index in [0.29, 0.717) is 0 Å². The lowest BCUT2D eigenvalue weighted by Crippen LogP contribution is -2.19. The number of aryl methyl sites for hydroxylation is 1. The Kier molecular flexibility index (Phi) is 3.58. The van der Waals surface area contributed by atoms with Gasteiger partial charge in [-0.25, -0.2) is 0 Å². The first kappa shape index (κ1) is 14.0. The van der Waals surface area contributed by atoms with Gasteiger partial charge in [-0.15, -0.1) is 0 Å². The van der Waals surface area contributed by atoms with E-state index in [1.54, 1.807) is 0 Å². The minimum absolute atomic E-state index is 0.0201. The Labute approximate surface area is 135 Å². The zero-order chi connectivity index (χ0) is 15.6. The van der Waals surface area contributed by atoms with Crippen LogP contribution < -0.4 is 5.32 Å². The zero-order valence-corrected chi connectivity index (χ0v) is 13.1. The normalized spacial score (nSPS) is 19.8. The minimum atomic E-state index is 0.0201. The van der Waals surface area contributed by atoms with Gasteiger partial charge in [-0.1, -0.05) is 53.7 Å². The molecule has 0 fully saturated rings. The lowest BCUT2D eigenvalue weighted by molar-refractivity contribution is 0.0853. The van der Waals surface area contributed by atoms with Gasteiger partial charge in [0.1, 0.15) is 5.84 Å². The van der Waals surface area contributed by atoms with E-state index in [0.717, 1.165) is 42.2 Å². The van der Waals surface area contributed by atoms with Gasteiger partial charge in [-0.2, -0.15) is 0 Å². The molecule has 0 amide bonds.